The highest BCUT2D eigenvalue weighted by Gasteiger charge is 2.35. The summed E-state index contributed by atoms with van der Waals surface area (Å²) in [5.41, 5.74) is -0.324. The quantitative estimate of drug-likeness (QED) is 0.382. The fraction of sp³-hybridized carbons (Fsp3) is 0.500. The summed E-state index contributed by atoms with van der Waals surface area (Å²) in [5.74, 6) is 0. The summed E-state index contributed by atoms with van der Waals surface area (Å²) in [4.78, 5) is 9.90. The lowest BCUT2D eigenvalue weighted by atomic mass is 10.1. The molecule has 0 unspecified atom stereocenters. The van der Waals surface area contributed by atoms with E-state index in [9.17, 15) is 23.5 Å². The molecule has 0 aliphatic heterocycles. The van der Waals surface area contributed by atoms with Gasteiger partial charge < -0.3 is 0 Å². The maximum atomic E-state index is 13.2. The molecule has 0 saturated heterocycles. The molecule has 0 heterocycles. The lowest BCUT2D eigenvalue weighted by Crippen LogP contribution is -2.14. The summed E-state index contributed by atoms with van der Waals surface area (Å²) in [6.07, 6.45) is -4.90. The van der Waals surface area contributed by atoms with Gasteiger partial charge in [-0.15, -0.1) is 0 Å². The molecule has 0 radical (unpaired) electrons. The van der Waals surface area contributed by atoms with Gasteiger partial charge >= 0.3 is 7.82 Å². The van der Waals surface area contributed by atoms with Crippen molar-refractivity contribution < 1.29 is 31.8 Å². The molecule has 0 saturated carbocycles. The van der Waals surface area contributed by atoms with Crippen LogP contribution in [0, 0.1) is 10.1 Å². The predicted octanol–water partition coefficient (Wildman–Crippen LogP) is 4.10. The van der Waals surface area contributed by atoms with E-state index in [1.165, 1.54) is 13.8 Å². The van der Waals surface area contributed by atoms with Gasteiger partial charge in [0.2, 0.25) is 0 Å². The van der Waals surface area contributed by atoms with Crippen LogP contribution in [0.5, 0.6) is 0 Å². The third-order valence-corrected chi connectivity index (χ3v) is 4.11. The van der Waals surface area contributed by atoms with Gasteiger partial charge in [0, 0.05) is 12.1 Å². The number of nitro benzene ring substituents is 1. The molecule has 0 aliphatic carbocycles. The molecule has 7 nitrogen and oxygen atoms in total. The average molecular weight is 339 g/mol. The molecule has 0 aromatic heterocycles. The molecule has 1 atom stereocenters. The minimum atomic E-state index is -4.14. The largest absolute Gasteiger partial charge is 0.475 e. The maximum Gasteiger partial charge on any atom is 0.475 e. The highest BCUT2D eigenvalue weighted by atomic mass is 31.2. The van der Waals surface area contributed by atoms with Gasteiger partial charge in [-0.05, 0) is 31.5 Å². The van der Waals surface area contributed by atoms with Crippen LogP contribution in [0.4, 0.5) is 14.5 Å². The van der Waals surface area contributed by atoms with E-state index < -0.39 is 25.3 Å². The van der Waals surface area contributed by atoms with Crippen molar-refractivity contribution in [1.82, 2.24) is 0 Å². The van der Waals surface area contributed by atoms with Crippen LogP contribution in [0.25, 0.3) is 0 Å². The Bertz CT molecular complexity index is 529. The number of benzene rings is 1. The molecule has 1 aromatic rings. The number of rotatable bonds is 9. The van der Waals surface area contributed by atoms with Crippen molar-refractivity contribution in [1.29, 1.82) is 0 Å². The molecular weight excluding hydrogens is 323 g/mol. The van der Waals surface area contributed by atoms with E-state index in [4.69, 9.17) is 13.6 Å². The minimum Gasteiger partial charge on any atom is -0.287 e. The number of nitrogens with zero attached hydrogens (tertiary/aromatic N) is 1. The summed E-state index contributed by atoms with van der Waals surface area (Å²) >= 11 is 0. The van der Waals surface area contributed by atoms with Crippen LogP contribution in [0.15, 0.2) is 24.3 Å². The molecule has 0 spiro atoms. The number of alkyl halides is 2. The first-order valence-electron chi connectivity index (χ1n) is 6.43. The highest BCUT2D eigenvalue weighted by molar-refractivity contribution is 7.48. The summed E-state index contributed by atoms with van der Waals surface area (Å²) in [7, 11) is -4.14. The average Bonchev–Trinajstić information content (AvgIpc) is 2.45. The normalized spacial score (nSPS) is 13.3. The zero-order chi connectivity index (χ0) is 16.8. The van der Waals surface area contributed by atoms with Crippen LogP contribution in [0.2, 0.25) is 0 Å². The smallest absolute Gasteiger partial charge is 0.287 e. The Morgan fingerprint density at radius 1 is 1.18 bits per heavy atom. The lowest BCUT2D eigenvalue weighted by molar-refractivity contribution is -0.384. The molecule has 0 N–H and O–H groups in total. The van der Waals surface area contributed by atoms with Gasteiger partial charge in [-0.1, -0.05) is 0 Å². The third kappa shape index (κ3) is 5.10. The molecule has 0 bridgehead atoms. The molecular formula is C12H16F2NO6P. The zero-order valence-corrected chi connectivity index (χ0v) is 12.9. The second kappa shape index (κ2) is 8.28. The van der Waals surface area contributed by atoms with Gasteiger partial charge in [-0.25, -0.2) is 13.3 Å². The molecule has 124 valence electrons. The van der Waals surface area contributed by atoms with Crippen molar-refractivity contribution in [3.63, 3.8) is 0 Å². The Balaban J connectivity index is 3.02. The Hall–Kier alpha value is -1.41. The fourth-order valence-electron chi connectivity index (χ4n) is 1.59. The number of phosphoric ester groups is 1. The van der Waals surface area contributed by atoms with Gasteiger partial charge in [0.25, 0.3) is 12.1 Å². The molecule has 1 rings (SSSR count). The number of hydrogen-bond acceptors (Lipinski definition) is 6. The Morgan fingerprint density at radius 3 is 2.05 bits per heavy atom. The van der Waals surface area contributed by atoms with Crippen molar-refractivity contribution in [2.75, 3.05) is 13.2 Å². The molecule has 0 amide bonds. The SMILES string of the molecule is CCOP(=O)(OCC)O[C@H](c1ccc([N+](=O)[O-])cc1)C(F)F. The van der Waals surface area contributed by atoms with Crippen molar-refractivity contribution in [3.05, 3.63) is 39.9 Å². The zero-order valence-electron chi connectivity index (χ0n) is 12.0. The van der Waals surface area contributed by atoms with E-state index in [0.29, 0.717) is 0 Å². The molecule has 10 heteroatoms. The van der Waals surface area contributed by atoms with E-state index in [1.54, 1.807) is 0 Å². The summed E-state index contributed by atoms with van der Waals surface area (Å²) in [6.45, 7) is 2.93. The Labute approximate surface area is 125 Å². The highest BCUT2D eigenvalue weighted by Crippen LogP contribution is 2.54. The first-order chi connectivity index (χ1) is 10.3. The van der Waals surface area contributed by atoms with E-state index in [2.05, 4.69) is 0 Å². The Kier molecular flexibility index (Phi) is 7.02. The first kappa shape index (κ1) is 18.6. The van der Waals surface area contributed by atoms with Crippen molar-refractivity contribution >= 4 is 13.5 Å². The monoisotopic (exact) mass is 339 g/mol. The van der Waals surface area contributed by atoms with Crippen LogP contribution in [-0.2, 0) is 18.1 Å². The minimum absolute atomic E-state index is 0.0481. The van der Waals surface area contributed by atoms with E-state index in [1.807, 2.05) is 0 Å². The lowest BCUT2D eigenvalue weighted by Gasteiger charge is -2.23. The first-order valence-corrected chi connectivity index (χ1v) is 7.89. The van der Waals surface area contributed by atoms with E-state index >= 15 is 0 Å². The molecule has 1 aromatic carbocycles. The number of nitro groups is 1. The number of halogens is 2. The van der Waals surface area contributed by atoms with Crippen LogP contribution in [0.1, 0.15) is 25.5 Å². The molecule has 0 fully saturated rings. The third-order valence-electron chi connectivity index (χ3n) is 2.48. The number of hydrogen-bond donors (Lipinski definition) is 0. The Morgan fingerprint density at radius 2 is 1.68 bits per heavy atom. The summed E-state index contributed by atoms with van der Waals surface area (Å²) in [6, 6.07) is 4.33. The summed E-state index contributed by atoms with van der Waals surface area (Å²) in [5, 5.41) is 10.6. The van der Waals surface area contributed by atoms with Crippen LogP contribution < -0.4 is 0 Å². The second-order valence-corrected chi connectivity index (χ2v) is 5.61. The van der Waals surface area contributed by atoms with Gasteiger partial charge in [0.15, 0.2) is 6.10 Å². The predicted molar refractivity (Wildman–Crippen MR) is 73.8 cm³/mol. The van der Waals surface area contributed by atoms with Gasteiger partial charge in [-0.2, -0.15) is 0 Å². The fourth-order valence-corrected chi connectivity index (χ4v) is 2.91. The van der Waals surface area contributed by atoms with Gasteiger partial charge in [0.05, 0.1) is 18.1 Å². The van der Waals surface area contributed by atoms with Crippen LogP contribution in [-0.4, -0.2) is 24.6 Å². The summed E-state index contributed by atoms with van der Waals surface area (Å²) < 4.78 is 53.0. The molecule has 22 heavy (non-hydrogen) atoms. The van der Waals surface area contributed by atoms with Crippen LogP contribution in [0.3, 0.4) is 0 Å². The van der Waals surface area contributed by atoms with E-state index in [-0.39, 0.29) is 24.5 Å². The van der Waals surface area contributed by atoms with Crippen molar-refractivity contribution in [3.8, 4) is 0 Å². The number of phosphoric acid groups is 1. The van der Waals surface area contributed by atoms with E-state index in [0.717, 1.165) is 24.3 Å². The number of non-ortho nitro benzene ring substituents is 1. The van der Waals surface area contributed by atoms with Crippen LogP contribution >= 0.6 is 7.82 Å². The molecule has 0 aliphatic rings. The standard InChI is InChI=1S/C12H16F2NO6P/c1-3-19-22(18,20-4-2)21-11(12(13)14)9-5-7-10(8-6-9)15(16)17/h5-8,11-12H,3-4H2,1-2H3/t11-/m1/s1. The van der Waals surface area contributed by atoms with Gasteiger partial charge in [-0.3, -0.25) is 23.7 Å². The topological polar surface area (TPSA) is 87.9 Å². The second-order valence-electron chi connectivity index (χ2n) is 3.99. The maximum absolute atomic E-state index is 13.2. The van der Waals surface area contributed by atoms with Crippen molar-refractivity contribution in [2.24, 2.45) is 0 Å². The van der Waals surface area contributed by atoms with Crippen molar-refractivity contribution in [2.45, 2.75) is 26.4 Å². The van der Waals surface area contributed by atoms with Gasteiger partial charge in [0.1, 0.15) is 0 Å².